The van der Waals surface area contributed by atoms with Crippen LogP contribution >= 0.6 is 27.5 Å². The van der Waals surface area contributed by atoms with Crippen molar-refractivity contribution in [3.05, 3.63) is 68.7 Å². The molecular formula is C14H11BrClF2N. The Morgan fingerprint density at radius 1 is 1.16 bits per heavy atom. The van der Waals surface area contributed by atoms with Gasteiger partial charge in [-0.05, 0) is 36.9 Å². The first-order chi connectivity index (χ1) is 9.04. The van der Waals surface area contributed by atoms with E-state index in [1.54, 1.807) is 31.3 Å². The Bertz CT molecular complexity index is 602. The highest BCUT2D eigenvalue weighted by Crippen LogP contribution is 2.32. The highest BCUT2D eigenvalue weighted by atomic mass is 79.9. The van der Waals surface area contributed by atoms with Gasteiger partial charge in [-0.15, -0.1) is 0 Å². The highest BCUT2D eigenvalue weighted by Gasteiger charge is 2.20. The number of hydrogen-bond donors (Lipinski definition) is 1. The predicted octanol–water partition coefficient (Wildman–Crippen LogP) is 4.69. The van der Waals surface area contributed by atoms with Crippen LogP contribution in [0.1, 0.15) is 17.2 Å². The molecule has 0 amide bonds. The van der Waals surface area contributed by atoms with Crippen LogP contribution in [0.5, 0.6) is 0 Å². The smallest absolute Gasteiger partial charge is 0.163 e. The van der Waals surface area contributed by atoms with E-state index in [2.05, 4.69) is 21.2 Å². The summed E-state index contributed by atoms with van der Waals surface area (Å²) < 4.78 is 28.0. The Morgan fingerprint density at radius 3 is 2.58 bits per heavy atom. The van der Waals surface area contributed by atoms with Gasteiger partial charge >= 0.3 is 0 Å². The standard InChI is InChI=1S/C14H11BrClF2N/c1-19-14(9-3-2-4-12(17)13(9)18)10-7-8(16)5-6-11(10)15/h2-7,14,19H,1H3. The van der Waals surface area contributed by atoms with Crippen molar-refractivity contribution < 1.29 is 8.78 Å². The van der Waals surface area contributed by atoms with Crippen LogP contribution in [0.2, 0.25) is 5.02 Å². The van der Waals surface area contributed by atoms with E-state index in [0.29, 0.717) is 5.02 Å². The molecule has 0 fully saturated rings. The average molecular weight is 347 g/mol. The molecule has 0 heterocycles. The summed E-state index contributed by atoms with van der Waals surface area (Å²) in [6.07, 6.45) is 0. The van der Waals surface area contributed by atoms with Gasteiger partial charge in [0.2, 0.25) is 0 Å². The summed E-state index contributed by atoms with van der Waals surface area (Å²) in [5, 5.41) is 3.51. The zero-order valence-electron chi connectivity index (χ0n) is 10.1. The van der Waals surface area contributed by atoms with Crippen LogP contribution in [0.15, 0.2) is 40.9 Å². The van der Waals surface area contributed by atoms with Gasteiger partial charge < -0.3 is 5.32 Å². The Hall–Kier alpha value is -0.970. The molecule has 1 nitrogen and oxygen atoms in total. The first-order valence-corrected chi connectivity index (χ1v) is 6.77. The maximum atomic E-state index is 13.9. The van der Waals surface area contributed by atoms with Crippen molar-refractivity contribution in [1.29, 1.82) is 0 Å². The second kappa shape index (κ2) is 5.99. The molecule has 0 radical (unpaired) electrons. The van der Waals surface area contributed by atoms with E-state index in [9.17, 15) is 8.78 Å². The molecule has 100 valence electrons. The third-order valence-electron chi connectivity index (χ3n) is 2.85. The molecule has 0 spiro atoms. The van der Waals surface area contributed by atoms with Gasteiger partial charge in [0.05, 0.1) is 6.04 Å². The summed E-state index contributed by atoms with van der Waals surface area (Å²) in [7, 11) is 1.68. The molecule has 0 saturated heterocycles. The molecule has 0 aromatic heterocycles. The van der Waals surface area contributed by atoms with Crippen molar-refractivity contribution >= 4 is 27.5 Å². The second-order valence-corrected chi connectivity index (χ2v) is 5.32. The quantitative estimate of drug-likeness (QED) is 0.850. The first-order valence-electron chi connectivity index (χ1n) is 5.60. The number of benzene rings is 2. The summed E-state index contributed by atoms with van der Waals surface area (Å²) in [4.78, 5) is 0. The molecule has 0 aliphatic carbocycles. The van der Waals surface area contributed by atoms with Gasteiger partial charge in [-0.1, -0.05) is 39.7 Å². The minimum Gasteiger partial charge on any atom is -0.309 e. The van der Waals surface area contributed by atoms with Crippen LogP contribution in [0.25, 0.3) is 0 Å². The molecule has 19 heavy (non-hydrogen) atoms. The number of nitrogens with one attached hydrogen (secondary N) is 1. The van der Waals surface area contributed by atoms with Crippen molar-refractivity contribution in [2.24, 2.45) is 0 Å². The fourth-order valence-corrected chi connectivity index (χ4v) is 2.61. The zero-order chi connectivity index (χ0) is 14.0. The van der Waals surface area contributed by atoms with Crippen molar-refractivity contribution in [3.63, 3.8) is 0 Å². The van der Waals surface area contributed by atoms with Crippen molar-refractivity contribution in [2.75, 3.05) is 7.05 Å². The Kier molecular flexibility index (Phi) is 4.55. The average Bonchev–Trinajstić information content (AvgIpc) is 2.39. The topological polar surface area (TPSA) is 12.0 Å². The molecule has 2 aromatic carbocycles. The molecule has 0 bridgehead atoms. The van der Waals surface area contributed by atoms with Crippen LogP contribution in [0.3, 0.4) is 0 Å². The van der Waals surface area contributed by atoms with Gasteiger partial charge in [-0.3, -0.25) is 0 Å². The molecule has 5 heteroatoms. The van der Waals surface area contributed by atoms with Gasteiger partial charge in [-0.25, -0.2) is 8.78 Å². The van der Waals surface area contributed by atoms with E-state index in [4.69, 9.17) is 11.6 Å². The summed E-state index contributed by atoms with van der Waals surface area (Å²) in [6.45, 7) is 0. The van der Waals surface area contributed by atoms with Gasteiger partial charge in [0.15, 0.2) is 11.6 Å². The summed E-state index contributed by atoms with van der Waals surface area (Å²) in [5.41, 5.74) is 0.991. The lowest BCUT2D eigenvalue weighted by Gasteiger charge is -2.19. The van der Waals surface area contributed by atoms with Crippen LogP contribution in [0.4, 0.5) is 8.78 Å². The lowest BCUT2D eigenvalue weighted by atomic mass is 9.98. The number of rotatable bonds is 3. The molecule has 0 aliphatic rings. The van der Waals surface area contributed by atoms with Crippen molar-refractivity contribution in [1.82, 2.24) is 5.32 Å². The normalized spacial score (nSPS) is 12.5. The van der Waals surface area contributed by atoms with Crippen LogP contribution in [-0.2, 0) is 0 Å². The lowest BCUT2D eigenvalue weighted by Crippen LogP contribution is -2.20. The van der Waals surface area contributed by atoms with Crippen LogP contribution in [-0.4, -0.2) is 7.05 Å². The largest absolute Gasteiger partial charge is 0.309 e. The Morgan fingerprint density at radius 2 is 1.89 bits per heavy atom. The Labute approximate surface area is 123 Å². The monoisotopic (exact) mass is 345 g/mol. The van der Waals surface area contributed by atoms with Crippen molar-refractivity contribution in [2.45, 2.75) is 6.04 Å². The molecular weight excluding hydrogens is 336 g/mol. The fraction of sp³-hybridized carbons (Fsp3) is 0.143. The molecule has 0 saturated carbocycles. The third kappa shape index (κ3) is 2.96. The SMILES string of the molecule is CNC(c1cc(Cl)ccc1Br)c1cccc(F)c1F. The highest BCUT2D eigenvalue weighted by molar-refractivity contribution is 9.10. The van der Waals surface area contributed by atoms with Gasteiger partial charge in [0.1, 0.15) is 0 Å². The maximum absolute atomic E-state index is 13.9. The molecule has 1 unspecified atom stereocenters. The van der Waals surface area contributed by atoms with Gasteiger partial charge in [-0.2, -0.15) is 0 Å². The van der Waals surface area contributed by atoms with E-state index in [1.807, 2.05) is 0 Å². The molecule has 2 aromatic rings. The van der Waals surface area contributed by atoms with Crippen LogP contribution < -0.4 is 5.32 Å². The molecule has 1 N–H and O–H groups in total. The summed E-state index contributed by atoms with van der Waals surface area (Å²) >= 11 is 9.36. The maximum Gasteiger partial charge on any atom is 0.163 e. The van der Waals surface area contributed by atoms with E-state index >= 15 is 0 Å². The zero-order valence-corrected chi connectivity index (χ0v) is 12.4. The summed E-state index contributed by atoms with van der Waals surface area (Å²) in [5.74, 6) is -1.72. The molecule has 1 atom stereocenters. The first kappa shape index (κ1) is 14.4. The lowest BCUT2D eigenvalue weighted by molar-refractivity contribution is 0.487. The fourth-order valence-electron chi connectivity index (χ4n) is 1.96. The number of hydrogen-bond acceptors (Lipinski definition) is 1. The molecule has 2 rings (SSSR count). The third-order valence-corrected chi connectivity index (χ3v) is 3.81. The van der Waals surface area contributed by atoms with E-state index in [-0.39, 0.29) is 5.56 Å². The van der Waals surface area contributed by atoms with E-state index in [1.165, 1.54) is 6.07 Å². The van der Waals surface area contributed by atoms with E-state index < -0.39 is 17.7 Å². The van der Waals surface area contributed by atoms with E-state index in [0.717, 1.165) is 16.1 Å². The minimum absolute atomic E-state index is 0.241. The van der Waals surface area contributed by atoms with Gasteiger partial charge in [0.25, 0.3) is 0 Å². The molecule has 0 aliphatic heterocycles. The minimum atomic E-state index is -0.865. The second-order valence-electron chi connectivity index (χ2n) is 4.03. The van der Waals surface area contributed by atoms with Crippen LogP contribution in [0, 0.1) is 11.6 Å². The number of halogens is 4. The Balaban J connectivity index is 2.56. The van der Waals surface area contributed by atoms with Gasteiger partial charge in [0, 0.05) is 15.1 Å². The summed E-state index contributed by atoms with van der Waals surface area (Å²) in [6, 6.07) is 8.87. The van der Waals surface area contributed by atoms with Crippen molar-refractivity contribution in [3.8, 4) is 0 Å². The predicted molar refractivity (Wildman–Crippen MR) is 76.4 cm³/mol.